The Balaban J connectivity index is 1.51. The standard InChI is InChI=1S/C15H19N3/c1-2-4-14-11-15(6-5-13(14)3-1)17-8-10-18-9-7-16-12-18/h1-4,7,9,12,15,17H,5-6,8,10-11H2. The molecule has 0 spiro atoms. The van der Waals surface area contributed by atoms with E-state index in [9.17, 15) is 0 Å². The molecule has 0 fully saturated rings. The van der Waals surface area contributed by atoms with E-state index in [0.29, 0.717) is 6.04 Å². The molecule has 1 heterocycles. The zero-order valence-electron chi connectivity index (χ0n) is 10.5. The van der Waals surface area contributed by atoms with Crippen molar-refractivity contribution in [2.24, 2.45) is 0 Å². The highest BCUT2D eigenvalue weighted by molar-refractivity contribution is 5.30. The van der Waals surface area contributed by atoms with Crippen LogP contribution in [-0.2, 0) is 19.4 Å². The summed E-state index contributed by atoms with van der Waals surface area (Å²) in [5, 5.41) is 3.65. The molecule has 0 saturated carbocycles. The largest absolute Gasteiger partial charge is 0.336 e. The molecule has 1 atom stereocenters. The van der Waals surface area contributed by atoms with Gasteiger partial charge >= 0.3 is 0 Å². The molecule has 1 aromatic carbocycles. The molecule has 3 heteroatoms. The van der Waals surface area contributed by atoms with Crippen LogP contribution in [0.4, 0.5) is 0 Å². The monoisotopic (exact) mass is 241 g/mol. The molecule has 1 aliphatic rings. The van der Waals surface area contributed by atoms with Crippen LogP contribution >= 0.6 is 0 Å². The Bertz CT molecular complexity index is 490. The SMILES string of the molecule is c1ccc2c(c1)CCC(NCCn1ccnc1)C2. The number of imidazole rings is 1. The highest BCUT2D eigenvalue weighted by atomic mass is 15.0. The van der Waals surface area contributed by atoms with Gasteiger partial charge in [0, 0.05) is 31.5 Å². The third-order valence-corrected chi connectivity index (χ3v) is 3.71. The quantitative estimate of drug-likeness (QED) is 0.887. The van der Waals surface area contributed by atoms with E-state index in [1.165, 1.54) is 30.4 Å². The molecular weight excluding hydrogens is 222 g/mol. The summed E-state index contributed by atoms with van der Waals surface area (Å²) in [6.45, 7) is 2.02. The summed E-state index contributed by atoms with van der Waals surface area (Å²) in [5.74, 6) is 0. The Labute approximate surface area is 108 Å². The number of rotatable bonds is 4. The van der Waals surface area contributed by atoms with Gasteiger partial charge in [-0.15, -0.1) is 0 Å². The highest BCUT2D eigenvalue weighted by Gasteiger charge is 2.17. The van der Waals surface area contributed by atoms with E-state index in [2.05, 4.69) is 39.1 Å². The fraction of sp³-hybridized carbons (Fsp3) is 0.400. The molecule has 0 bridgehead atoms. The summed E-state index contributed by atoms with van der Waals surface area (Å²) in [6.07, 6.45) is 9.34. The van der Waals surface area contributed by atoms with Crippen LogP contribution < -0.4 is 5.32 Å². The molecule has 94 valence electrons. The van der Waals surface area contributed by atoms with Crippen molar-refractivity contribution in [2.45, 2.75) is 31.8 Å². The van der Waals surface area contributed by atoms with Gasteiger partial charge in [0.1, 0.15) is 0 Å². The van der Waals surface area contributed by atoms with Gasteiger partial charge in [-0.05, 0) is 30.4 Å². The Morgan fingerprint density at radius 2 is 2.17 bits per heavy atom. The van der Waals surface area contributed by atoms with Crippen LogP contribution in [0.15, 0.2) is 43.0 Å². The van der Waals surface area contributed by atoms with Gasteiger partial charge in [-0.2, -0.15) is 0 Å². The summed E-state index contributed by atoms with van der Waals surface area (Å²) in [6, 6.07) is 9.44. The Kier molecular flexibility index (Phi) is 3.42. The molecule has 1 aromatic heterocycles. The van der Waals surface area contributed by atoms with Crippen molar-refractivity contribution in [2.75, 3.05) is 6.54 Å². The van der Waals surface area contributed by atoms with Gasteiger partial charge in [0.05, 0.1) is 6.33 Å². The van der Waals surface area contributed by atoms with Crippen molar-refractivity contribution in [3.8, 4) is 0 Å². The molecule has 1 unspecified atom stereocenters. The van der Waals surface area contributed by atoms with Crippen molar-refractivity contribution in [3.63, 3.8) is 0 Å². The van der Waals surface area contributed by atoms with Crippen molar-refractivity contribution < 1.29 is 0 Å². The van der Waals surface area contributed by atoms with E-state index in [1.54, 1.807) is 0 Å². The summed E-state index contributed by atoms with van der Waals surface area (Å²) in [7, 11) is 0. The van der Waals surface area contributed by atoms with E-state index in [0.717, 1.165) is 13.1 Å². The minimum atomic E-state index is 0.628. The molecule has 3 nitrogen and oxygen atoms in total. The van der Waals surface area contributed by atoms with Crippen molar-refractivity contribution >= 4 is 0 Å². The first-order valence-corrected chi connectivity index (χ1v) is 6.68. The number of hydrogen-bond donors (Lipinski definition) is 1. The number of aryl methyl sites for hydroxylation is 1. The van der Waals surface area contributed by atoms with Crippen LogP contribution in [-0.4, -0.2) is 22.1 Å². The van der Waals surface area contributed by atoms with Gasteiger partial charge in [-0.1, -0.05) is 24.3 Å². The summed E-state index contributed by atoms with van der Waals surface area (Å²) >= 11 is 0. The minimum absolute atomic E-state index is 0.628. The molecule has 0 saturated heterocycles. The first kappa shape index (κ1) is 11.5. The molecule has 2 aromatic rings. The number of hydrogen-bond acceptors (Lipinski definition) is 2. The lowest BCUT2D eigenvalue weighted by molar-refractivity contribution is 0.444. The van der Waals surface area contributed by atoms with Crippen molar-refractivity contribution in [1.82, 2.24) is 14.9 Å². The summed E-state index contributed by atoms with van der Waals surface area (Å²) in [4.78, 5) is 4.05. The van der Waals surface area contributed by atoms with Crippen LogP contribution in [0.25, 0.3) is 0 Å². The third-order valence-electron chi connectivity index (χ3n) is 3.71. The zero-order valence-corrected chi connectivity index (χ0v) is 10.5. The molecule has 1 N–H and O–H groups in total. The number of fused-ring (bicyclic) bond motifs is 1. The van der Waals surface area contributed by atoms with Gasteiger partial charge in [-0.25, -0.2) is 4.98 Å². The first-order chi connectivity index (χ1) is 8.92. The number of aromatic nitrogens is 2. The average molecular weight is 241 g/mol. The third kappa shape index (κ3) is 2.62. The van der Waals surface area contributed by atoms with Crippen molar-refractivity contribution in [1.29, 1.82) is 0 Å². The van der Waals surface area contributed by atoms with Gasteiger partial charge in [0.2, 0.25) is 0 Å². The predicted molar refractivity (Wildman–Crippen MR) is 72.5 cm³/mol. The second kappa shape index (κ2) is 5.36. The number of nitrogens with one attached hydrogen (secondary N) is 1. The molecule has 1 aliphatic carbocycles. The lowest BCUT2D eigenvalue weighted by Crippen LogP contribution is -2.36. The lowest BCUT2D eigenvalue weighted by Gasteiger charge is -2.25. The topological polar surface area (TPSA) is 29.9 Å². The van der Waals surface area contributed by atoms with Crippen LogP contribution in [0.1, 0.15) is 17.5 Å². The fourth-order valence-corrected chi connectivity index (χ4v) is 2.69. The van der Waals surface area contributed by atoms with Crippen LogP contribution in [0, 0.1) is 0 Å². The number of nitrogens with zero attached hydrogens (tertiary/aromatic N) is 2. The summed E-state index contributed by atoms with van der Waals surface area (Å²) < 4.78 is 2.11. The molecular formula is C15H19N3. The van der Waals surface area contributed by atoms with E-state index in [4.69, 9.17) is 0 Å². The summed E-state index contributed by atoms with van der Waals surface area (Å²) in [5.41, 5.74) is 3.05. The van der Waals surface area contributed by atoms with Crippen LogP contribution in [0.5, 0.6) is 0 Å². The first-order valence-electron chi connectivity index (χ1n) is 6.68. The minimum Gasteiger partial charge on any atom is -0.336 e. The van der Waals surface area contributed by atoms with Gasteiger partial charge in [0.15, 0.2) is 0 Å². The Morgan fingerprint density at radius 1 is 1.28 bits per heavy atom. The molecule has 0 amide bonds. The molecule has 0 radical (unpaired) electrons. The lowest BCUT2D eigenvalue weighted by atomic mass is 9.88. The zero-order chi connectivity index (χ0) is 12.2. The maximum absolute atomic E-state index is 4.05. The second-order valence-electron chi connectivity index (χ2n) is 4.96. The van der Waals surface area contributed by atoms with Gasteiger partial charge < -0.3 is 9.88 Å². The average Bonchev–Trinajstić information content (AvgIpc) is 2.92. The maximum atomic E-state index is 4.05. The molecule has 3 rings (SSSR count). The smallest absolute Gasteiger partial charge is 0.0946 e. The maximum Gasteiger partial charge on any atom is 0.0946 e. The second-order valence-corrected chi connectivity index (χ2v) is 4.96. The normalized spacial score (nSPS) is 18.6. The molecule has 0 aliphatic heterocycles. The fourth-order valence-electron chi connectivity index (χ4n) is 2.69. The van der Waals surface area contributed by atoms with E-state index in [1.807, 2.05) is 18.7 Å². The van der Waals surface area contributed by atoms with E-state index < -0.39 is 0 Å². The van der Waals surface area contributed by atoms with E-state index in [-0.39, 0.29) is 0 Å². The predicted octanol–water partition coefficient (Wildman–Crippen LogP) is 2.03. The highest BCUT2D eigenvalue weighted by Crippen LogP contribution is 2.20. The van der Waals surface area contributed by atoms with Gasteiger partial charge in [0.25, 0.3) is 0 Å². The van der Waals surface area contributed by atoms with Crippen molar-refractivity contribution in [3.05, 3.63) is 54.1 Å². The number of benzene rings is 1. The molecule has 18 heavy (non-hydrogen) atoms. The van der Waals surface area contributed by atoms with Crippen LogP contribution in [0.3, 0.4) is 0 Å². The van der Waals surface area contributed by atoms with Gasteiger partial charge in [-0.3, -0.25) is 0 Å². The van der Waals surface area contributed by atoms with E-state index >= 15 is 0 Å². The Hall–Kier alpha value is -1.61. The Morgan fingerprint density at radius 3 is 3.00 bits per heavy atom. The van der Waals surface area contributed by atoms with Crippen LogP contribution in [0.2, 0.25) is 0 Å².